The second-order valence-electron chi connectivity index (χ2n) is 5.58. The molecule has 2 aromatic heterocycles. The third kappa shape index (κ3) is 3.10. The van der Waals surface area contributed by atoms with Crippen LogP contribution >= 0.6 is 0 Å². The van der Waals surface area contributed by atoms with E-state index in [-0.39, 0.29) is 5.82 Å². The number of nitriles is 1. The fraction of sp³-hybridized carbons (Fsp3) is 0.353. The van der Waals surface area contributed by atoms with Crippen molar-refractivity contribution in [3.05, 3.63) is 35.5 Å². The minimum absolute atomic E-state index is 0.286. The average molecular weight is 309 g/mol. The topological polar surface area (TPSA) is 96.8 Å². The van der Waals surface area contributed by atoms with Crippen molar-refractivity contribution in [1.82, 2.24) is 15.3 Å². The number of methoxy groups -OCH3 is 1. The second kappa shape index (κ2) is 6.63. The van der Waals surface area contributed by atoms with Crippen LogP contribution in [0.15, 0.2) is 24.4 Å². The van der Waals surface area contributed by atoms with Crippen LogP contribution in [0.1, 0.15) is 29.9 Å². The Kier molecular flexibility index (Phi) is 4.40. The molecule has 3 heterocycles. The van der Waals surface area contributed by atoms with Crippen molar-refractivity contribution < 1.29 is 4.74 Å². The number of aromatic nitrogens is 2. The van der Waals surface area contributed by atoms with Gasteiger partial charge >= 0.3 is 0 Å². The first-order chi connectivity index (χ1) is 11.2. The number of pyridine rings is 2. The SMILES string of the molecule is COc1ccc(-c2cc(C3CCNCC3)c(C#N)c(N)n2)cn1. The Bertz CT molecular complexity index is 730. The van der Waals surface area contributed by atoms with Crippen molar-refractivity contribution in [2.24, 2.45) is 0 Å². The van der Waals surface area contributed by atoms with Gasteiger partial charge in [-0.25, -0.2) is 9.97 Å². The first kappa shape index (κ1) is 15.3. The van der Waals surface area contributed by atoms with Gasteiger partial charge in [-0.2, -0.15) is 5.26 Å². The number of ether oxygens (including phenoxy) is 1. The van der Waals surface area contributed by atoms with E-state index in [1.165, 1.54) is 0 Å². The molecule has 0 bridgehead atoms. The van der Waals surface area contributed by atoms with Gasteiger partial charge in [-0.3, -0.25) is 0 Å². The molecule has 6 heteroatoms. The highest BCUT2D eigenvalue weighted by Crippen LogP contribution is 2.33. The molecule has 23 heavy (non-hydrogen) atoms. The molecule has 3 rings (SSSR count). The molecule has 0 atom stereocenters. The van der Waals surface area contributed by atoms with E-state index in [9.17, 15) is 5.26 Å². The molecule has 6 nitrogen and oxygen atoms in total. The third-order valence-electron chi connectivity index (χ3n) is 4.21. The Morgan fingerprint density at radius 1 is 1.35 bits per heavy atom. The summed E-state index contributed by atoms with van der Waals surface area (Å²) >= 11 is 0. The summed E-state index contributed by atoms with van der Waals surface area (Å²) in [6.45, 7) is 1.91. The Balaban J connectivity index is 2.04. The van der Waals surface area contributed by atoms with Crippen molar-refractivity contribution in [2.75, 3.05) is 25.9 Å². The lowest BCUT2D eigenvalue weighted by Crippen LogP contribution is -2.27. The van der Waals surface area contributed by atoms with Gasteiger partial charge < -0.3 is 15.8 Å². The lowest BCUT2D eigenvalue weighted by Gasteiger charge is -2.24. The molecule has 0 radical (unpaired) electrons. The summed E-state index contributed by atoms with van der Waals surface area (Å²) in [6, 6.07) is 7.88. The molecule has 0 aromatic carbocycles. The fourth-order valence-electron chi connectivity index (χ4n) is 2.96. The summed E-state index contributed by atoms with van der Waals surface area (Å²) in [6.07, 6.45) is 3.70. The zero-order chi connectivity index (χ0) is 16.2. The van der Waals surface area contributed by atoms with E-state index in [0.29, 0.717) is 17.4 Å². The molecule has 1 aliphatic heterocycles. The van der Waals surface area contributed by atoms with Crippen LogP contribution in [0, 0.1) is 11.3 Å². The third-order valence-corrected chi connectivity index (χ3v) is 4.21. The predicted molar refractivity (Wildman–Crippen MR) is 88.0 cm³/mol. The summed E-state index contributed by atoms with van der Waals surface area (Å²) in [5.74, 6) is 1.17. The standard InChI is InChI=1S/C17H19N5O/c1-23-16-3-2-12(10-21-16)15-8-13(11-4-6-20-7-5-11)14(9-18)17(19)22-15/h2-3,8,10-11,20H,4-7H2,1H3,(H2,19,22). The highest BCUT2D eigenvalue weighted by molar-refractivity contribution is 5.66. The lowest BCUT2D eigenvalue weighted by molar-refractivity contribution is 0.398. The fourth-order valence-corrected chi connectivity index (χ4v) is 2.96. The van der Waals surface area contributed by atoms with Crippen LogP contribution in [0.2, 0.25) is 0 Å². The summed E-state index contributed by atoms with van der Waals surface area (Å²) in [5.41, 5.74) is 9.13. The zero-order valence-corrected chi connectivity index (χ0v) is 13.0. The van der Waals surface area contributed by atoms with Crippen LogP contribution in [0.25, 0.3) is 11.3 Å². The molecule has 3 N–H and O–H groups in total. The molecule has 0 aliphatic carbocycles. The smallest absolute Gasteiger partial charge is 0.212 e. The highest BCUT2D eigenvalue weighted by atomic mass is 16.5. The van der Waals surface area contributed by atoms with Crippen LogP contribution < -0.4 is 15.8 Å². The van der Waals surface area contributed by atoms with Crippen LogP contribution in [0.5, 0.6) is 5.88 Å². The second-order valence-corrected chi connectivity index (χ2v) is 5.58. The summed E-state index contributed by atoms with van der Waals surface area (Å²) in [5, 5.41) is 12.8. The lowest BCUT2D eigenvalue weighted by atomic mass is 9.87. The van der Waals surface area contributed by atoms with Gasteiger partial charge in [-0.15, -0.1) is 0 Å². The number of nitrogen functional groups attached to an aromatic ring is 1. The summed E-state index contributed by atoms with van der Waals surface area (Å²) in [4.78, 5) is 8.59. The number of nitrogens with one attached hydrogen (secondary N) is 1. The first-order valence-electron chi connectivity index (χ1n) is 7.64. The van der Waals surface area contributed by atoms with Crippen molar-refractivity contribution in [3.8, 4) is 23.2 Å². The number of hydrogen-bond acceptors (Lipinski definition) is 6. The first-order valence-corrected chi connectivity index (χ1v) is 7.64. The van der Waals surface area contributed by atoms with Crippen LogP contribution in [-0.4, -0.2) is 30.2 Å². The van der Waals surface area contributed by atoms with Crippen LogP contribution in [0.3, 0.4) is 0 Å². The zero-order valence-electron chi connectivity index (χ0n) is 13.0. The van der Waals surface area contributed by atoms with Gasteiger partial charge in [0.25, 0.3) is 0 Å². The number of piperidine rings is 1. The molecule has 118 valence electrons. The minimum Gasteiger partial charge on any atom is -0.481 e. The van der Waals surface area contributed by atoms with Crippen LogP contribution in [-0.2, 0) is 0 Å². The van der Waals surface area contributed by atoms with Crippen LogP contribution in [0.4, 0.5) is 5.82 Å². The molecule has 1 fully saturated rings. The van der Waals surface area contributed by atoms with Gasteiger partial charge in [0.1, 0.15) is 11.9 Å². The highest BCUT2D eigenvalue weighted by Gasteiger charge is 2.21. The minimum atomic E-state index is 0.286. The average Bonchev–Trinajstić information content (AvgIpc) is 2.62. The maximum atomic E-state index is 9.45. The molecular formula is C17H19N5O. The quantitative estimate of drug-likeness (QED) is 0.901. The van der Waals surface area contributed by atoms with Gasteiger partial charge in [0.05, 0.1) is 18.4 Å². The Hall–Kier alpha value is -2.65. The monoisotopic (exact) mass is 309 g/mol. The van der Waals surface area contributed by atoms with Gasteiger partial charge in [0.2, 0.25) is 5.88 Å². The van der Waals surface area contributed by atoms with Gasteiger partial charge in [-0.1, -0.05) is 0 Å². The number of anilines is 1. The molecule has 0 spiro atoms. The van der Waals surface area contributed by atoms with Crippen molar-refractivity contribution >= 4 is 5.82 Å². The van der Waals surface area contributed by atoms with Crippen molar-refractivity contribution in [2.45, 2.75) is 18.8 Å². The molecular weight excluding hydrogens is 290 g/mol. The molecule has 1 aliphatic rings. The van der Waals surface area contributed by atoms with E-state index in [1.807, 2.05) is 12.1 Å². The molecule has 0 unspecified atom stereocenters. The maximum Gasteiger partial charge on any atom is 0.212 e. The van der Waals surface area contributed by atoms with Gasteiger partial charge in [-0.05, 0) is 49.5 Å². The summed E-state index contributed by atoms with van der Waals surface area (Å²) < 4.78 is 5.08. The number of nitrogens with zero attached hydrogens (tertiary/aromatic N) is 3. The van der Waals surface area contributed by atoms with Gasteiger partial charge in [0.15, 0.2) is 0 Å². The number of nitrogens with two attached hydrogens (primary N) is 1. The summed E-state index contributed by atoms with van der Waals surface area (Å²) in [7, 11) is 1.58. The van der Waals surface area contributed by atoms with Gasteiger partial charge in [0, 0.05) is 17.8 Å². The van der Waals surface area contributed by atoms with E-state index < -0.39 is 0 Å². The number of hydrogen-bond donors (Lipinski definition) is 2. The molecule has 1 saturated heterocycles. The van der Waals surface area contributed by atoms with E-state index in [4.69, 9.17) is 10.5 Å². The normalized spacial score (nSPS) is 15.1. The van der Waals surface area contributed by atoms with E-state index in [1.54, 1.807) is 19.4 Å². The maximum absolute atomic E-state index is 9.45. The van der Waals surface area contributed by atoms with Crippen molar-refractivity contribution in [1.29, 1.82) is 5.26 Å². The predicted octanol–water partition coefficient (Wildman–Crippen LogP) is 2.07. The largest absolute Gasteiger partial charge is 0.481 e. The molecule has 2 aromatic rings. The molecule has 0 amide bonds. The number of rotatable bonds is 3. The molecule has 0 saturated carbocycles. The Morgan fingerprint density at radius 3 is 2.74 bits per heavy atom. The Morgan fingerprint density at radius 2 is 2.13 bits per heavy atom. The van der Waals surface area contributed by atoms with E-state index in [0.717, 1.165) is 42.8 Å². The van der Waals surface area contributed by atoms with E-state index in [2.05, 4.69) is 21.4 Å². The van der Waals surface area contributed by atoms with Crippen molar-refractivity contribution in [3.63, 3.8) is 0 Å². The van der Waals surface area contributed by atoms with E-state index >= 15 is 0 Å². The Labute approximate surface area is 135 Å².